The van der Waals surface area contributed by atoms with Gasteiger partial charge in [0.2, 0.25) is 0 Å². The highest BCUT2D eigenvalue weighted by Crippen LogP contribution is 2.19. The lowest BCUT2D eigenvalue weighted by Crippen LogP contribution is -2.17. The first kappa shape index (κ1) is 23.0. The van der Waals surface area contributed by atoms with Crippen molar-refractivity contribution >= 4 is 41.6 Å². The van der Waals surface area contributed by atoms with Crippen LogP contribution in [0.4, 0.5) is 10.1 Å². The third-order valence-corrected chi connectivity index (χ3v) is 3.98. The van der Waals surface area contributed by atoms with Crippen molar-refractivity contribution in [1.82, 2.24) is 19.4 Å². The Morgan fingerprint density at radius 1 is 1.07 bits per heavy atom. The molecule has 30 heavy (non-hydrogen) atoms. The second kappa shape index (κ2) is 9.96. The number of aromatic nitrogens is 4. The number of hydrogen-bond donors (Lipinski definition) is 1. The van der Waals surface area contributed by atoms with E-state index in [9.17, 15) is 9.18 Å². The van der Waals surface area contributed by atoms with Crippen molar-refractivity contribution in [3.8, 4) is 0 Å². The zero-order valence-corrected chi connectivity index (χ0v) is 18.1. The van der Waals surface area contributed by atoms with Crippen LogP contribution < -0.4 is 10.8 Å². The quantitative estimate of drug-likeness (QED) is 0.501. The fourth-order valence-corrected chi connectivity index (χ4v) is 2.84. The summed E-state index contributed by atoms with van der Waals surface area (Å²) in [5.41, 5.74) is 3.47. The number of benzene rings is 1. The zero-order chi connectivity index (χ0) is 22.4. The van der Waals surface area contributed by atoms with Gasteiger partial charge in [0.05, 0.1) is 28.2 Å². The Morgan fingerprint density at radius 2 is 1.77 bits per heavy atom. The molecule has 156 valence electrons. The number of pyridine rings is 1. The third-order valence-electron chi connectivity index (χ3n) is 3.98. The first-order chi connectivity index (χ1) is 14.4. The summed E-state index contributed by atoms with van der Waals surface area (Å²) < 4.78 is 15.7. The molecule has 0 atom stereocenters. The molecule has 0 bridgehead atoms. The van der Waals surface area contributed by atoms with Crippen LogP contribution in [0.5, 0.6) is 0 Å². The first-order valence-corrected chi connectivity index (χ1v) is 9.90. The predicted octanol–water partition coefficient (Wildman–Crippen LogP) is 4.38. The molecule has 1 N–H and O–H groups in total. The molecule has 0 saturated heterocycles. The summed E-state index contributed by atoms with van der Waals surface area (Å²) in [5.74, 6) is -0.945. The molecule has 0 fully saturated rings. The molecule has 0 aliphatic rings. The number of fused-ring (bicyclic) bond motifs is 2. The van der Waals surface area contributed by atoms with Gasteiger partial charge in [0.15, 0.2) is 11.5 Å². The number of halogens is 1. The summed E-state index contributed by atoms with van der Waals surface area (Å²) in [6.45, 7) is 11.5. The molecule has 2 radical (unpaired) electrons. The summed E-state index contributed by atoms with van der Waals surface area (Å²) in [4.78, 5) is 25.5. The van der Waals surface area contributed by atoms with Gasteiger partial charge in [-0.3, -0.25) is 9.78 Å². The van der Waals surface area contributed by atoms with E-state index in [1.807, 2.05) is 27.7 Å². The number of aryl methyl sites for hydroxylation is 2. The molecule has 0 aliphatic carbocycles. The van der Waals surface area contributed by atoms with Crippen LogP contribution in [-0.2, 0) is 0 Å². The molecule has 1 amide bonds. The topological polar surface area (TPSA) is 72.2 Å². The van der Waals surface area contributed by atoms with Gasteiger partial charge in [0.25, 0.3) is 5.91 Å². The van der Waals surface area contributed by atoms with Crippen molar-refractivity contribution in [3.05, 3.63) is 59.6 Å². The molecule has 0 aliphatic heterocycles. The molecule has 0 saturated carbocycles. The number of nitrogens with zero attached hydrogens (tertiary/aromatic N) is 4. The van der Waals surface area contributed by atoms with E-state index in [0.29, 0.717) is 39.1 Å². The number of hydrogen-bond acceptors (Lipinski definition) is 4. The van der Waals surface area contributed by atoms with Crippen LogP contribution in [0.3, 0.4) is 0 Å². The number of carbonyl (C=O) groups is 1. The fourth-order valence-electron chi connectivity index (χ4n) is 2.84. The Balaban J connectivity index is 0.000000910. The van der Waals surface area contributed by atoms with Crippen molar-refractivity contribution < 1.29 is 10.6 Å². The van der Waals surface area contributed by atoms with E-state index in [0.717, 1.165) is 0 Å². The van der Waals surface area contributed by atoms with E-state index in [-0.39, 0.29) is 7.07 Å². The normalized spacial score (nSPS) is 10.1. The molecule has 3 heterocycles. The van der Waals surface area contributed by atoms with Crippen molar-refractivity contribution in [2.45, 2.75) is 41.5 Å². The van der Waals surface area contributed by atoms with Crippen LogP contribution in [0.1, 0.15) is 50.9 Å². The van der Waals surface area contributed by atoms with Gasteiger partial charge in [-0.15, -0.1) is 0 Å². The summed E-state index contributed by atoms with van der Waals surface area (Å²) in [6, 6.07) is 4.41. The van der Waals surface area contributed by atoms with Crippen molar-refractivity contribution in [3.63, 3.8) is 0 Å². The molecular weight excluding hydrogens is 380 g/mol. The highest BCUT2D eigenvalue weighted by Gasteiger charge is 2.15. The maximum atomic E-state index is 14.2. The lowest BCUT2D eigenvalue weighted by atomic mass is 9.92. The van der Waals surface area contributed by atoms with E-state index in [1.54, 1.807) is 44.6 Å². The smallest absolute Gasteiger partial charge is 0.257 e. The average Bonchev–Trinajstić information content (AvgIpc) is 3.12. The molecule has 0 unspecified atom stereocenters. The molecule has 4 aromatic rings. The Morgan fingerprint density at radius 3 is 2.47 bits per heavy atom. The van der Waals surface area contributed by atoms with Crippen molar-refractivity contribution in [1.29, 1.82) is 0 Å². The molecule has 1 aromatic carbocycles. The standard InChI is InChI=1S/C18H13BFN5O.2C2H6.H2/c1-9-6-21-16-13(19)4-3-12(15(16)22-9)18(26)24-11-5-14(20)17-23-10(2)7-25(17)8-11;2*1-2;/h3-8H,1-2H3,(H,24,26);2*1-2H3;1H. The Labute approximate surface area is 178 Å². The minimum Gasteiger partial charge on any atom is -0.320 e. The van der Waals surface area contributed by atoms with Crippen LogP contribution in [0, 0.1) is 19.7 Å². The van der Waals surface area contributed by atoms with Gasteiger partial charge in [-0.05, 0) is 19.9 Å². The van der Waals surface area contributed by atoms with Gasteiger partial charge in [-0.25, -0.2) is 14.4 Å². The average molecular weight is 407 g/mol. The fraction of sp³-hybridized carbons (Fsp3) is 0.273. The molecule has 3 aromatic heterocycles. The number of carbonyl (C=O) groups excluding carboxylic acids is 1. The minimum absolute atomic E-state index is 0. The highest BCUT2D eigenvalue weighted by atomic mass is 19.1. The van der Waals surface area contributed by atoms with Crippen molar-refractivity contribution in [2.24, 2.45) is 0 Å². The number of imidazole rings is 1. The molecular formula is C22H27BFN5O. The summed E-state index contributed by atoms with van der Waals surface area (Å²) in [7, 11) is 5.92. The molecule has 0 spiro atoms. The van der Waals surface area contributed by atoms with E-state index in [1.165, 1.54) is 10.5 Å². The van der Waals surface area contributed by atoms with Gasteiger partial charge in [0, 0.05) is 26.1 Å². The van der Waals surface area contributed by atoms with Crippen LogP contribution in [0.2, 0.25) is 0 Å². The summed E-state index contributed by atoms with van der Waals surface area (Å²) >= 11 is 0. The van der Waals surface area contributed by atoms with Gasteiger partial charge in [0.1, 0.15) is 13.4 Å². The predicted molar refractivity (Wildman–Crippen MR) is 122 cm³/mol. The number of anilines is 1. The lowest BCUT2D eigenvalue weighted by Gasteiger charge is -2.10. The SMILES string of the molecule is CC.CC.[B]c1ccc(C(=O)Nc2cc(F)c3nc(C)cn3c2)c2nc(C)cnc12.[HH]. The van der Waals surface area contributed by atoms with Crippen LogP contribution in [0.15, 0.2) is 36.8 Å². The highest BCUT2D eigenvalue weighted by molar-refractivity contribution is 6.38. The van der Waals surface area contributed by atoms with Crippen LogP contribution in [0.25, 0.3) is 16.7 Å². The third kappa shape index (κ3) is 4.64. The number of nitrogens with one attached hydrogen (secondary N) is 1. The van der Waals surface area contributed by atoms with Gasteiger partial charge < -0.3 is 9.72 Å². The van der Waals surface area contributed by atoms with E-state index < -0.39 is 11.7 Å². The maximum Gasteiger partial charge on any atom is 0.257 e. The number of rotatable bonds is 2. The van der Waals surface area contributed by atoms with Gasteiger partial charge in [-0.1, -0.05) is 39.2 Å². The van der Waals surface area contributed by atoms with Gasteiger partial charge in [-0.2, -0.15) is 0 Å². The number of amides is 1. The summed E-state index contributed by atoms with van der Waals surface area (Å²) in [5, 5.41) is 2.70. The minimum atomic E-state index is -0.520. The Bertz CT molecular complexity index is 1200. The first-order valence-electron chi connectivity index (χ1n) is 9.90. The van der Waals surface area contributed by atoms with Crippen molar-refractivity contribution in [2.75, 3.05) is 5.32 Å². The van der Waals surface area contributed by atoms with E-state index in [2.05, 4.69) is 20.3 Å². The van der Waals surface area contributed by atoms with E-state index >= 15 is 0 Å². The molecule has 8 heteroatoms. The summed E-state index contributed by atoms with van der Waals surface area (Å²) in [6.07, 6.45) is 4.87. The lowest BCUT2D eigenvalue weighted by molar-refractivity contribution is 0.102. The van der Waals surface area contributed by atoms with Gasteiger partial charge >= 0.3 is 0 Å². The Hall–Kier alpha value is -3.29. The van der Waals surface area contributed by atoms with Crippen LogP contribution in [-0.4, -0.2) is 33.1 Å². The second-order valence-electron chi connectivity index (χ2n) is 6.05. The zero-order valence-electron chi connectivity index (χ0n) is 18.1. The molecule has 6 nitrogen and oxygen atoms in total. The van der Waals surface area contributed by atoms with E-state index in [4.69, 9.17) is 7.85 Å². The van der Waals surface area contributed by atoms with Crippen LogP contribution >= 0.6 is 0 Å². The monoisotopic (exact) mass is 407 g/mol. The maximum absolute atomic E-state index is 14.2. The largest absolute Gasteiger partial charge is 0.320 e. The second-order valence-corrected chi connectivity index (χ2v) is 6.05. The Kier molecular flexibility index (Phi) is 7.63. The molecule has 4 rings (SSSR count).